The average molecular weight is 313 g/mol. The number of hydrogen-bond donors (Lipinski definition) is 0. The summed E-state index contributed by atoms with van der Waals surface area (Å²) in [5.74, 6) is 0. The molecule has 0 aliphatic carbocycles. The first kappa shape index (κ1) is 14.4. The highest BCUT2D eigenvalue weighted by Crippen LogP contribution is 2.40. The van der Waals surface area contributed by atoms with Gasteiger partial charge in [0.25, 0.3) is 0 Å². The minimum atomic E-state index is 0.569. The lowest BCUT2D eigenvalue weighted by atomic mass is 9.79. The van der Waals surface area contributed by atoms with Crippen LogP contribution in [-0.4, -0.2) is 41.0 Å². The van der Waals surface area contributed by atoms with E-state index >= 15 is 0 Å². The largest absolute Gasteiger partial charge is 0.298 e. The Morgan fingerprint density at radius 2 is 1.82 bits per heavy atom. The molecule has 0 atom stereocenters. The third-order valence-corrected chi connectivity index (χ3v) is 5.95. The number of rotatable bonds is 4. The van der Waals surface area contributed by atoms with Gasteiger partial charge in [0.2, 0.25) is 0 Å². The van der Waals surface area contributed by atoms with Crippen LogP contribution < -0.4 is 0 Å². The van der Waals surface area contributed by atoms with Crippen LogP contribution in [0.1, 0.15) is 21.7 Å². The highest BCUT2D eigenvalue weighted by Gasteiger charge is 2.47. The van der Waals surface area contributed by atoms with Gasteiger partial charge >= 0.3 is 0 Å². The molecular formula is C18H23N3S. The lowest BCUT2D eigenvalue weighted by molar-refractivity contribution is 0.00233. The molecule has 4 rings (SSSR count). The van der Waals surface area contributed by atoms with E-state index in [0.717, 1.165) is 13.1 Å². The predicted octanol–water partition coefficient (Wildman–Crippen LogP) is 3.16. The third kappa shape index (κ3) is 2.96. The summed E-state index contributed by atoms with van der Waals surface area (Å²) in [6, 6.07) is 8.80. The zero-order valence-electron chi connectivity index (χ0n) is 13.2. The second-order valence-corrected chi connectivity index (χ2v) is 8.35. The van der Waals surface area contributed by atoms with Crippen molar-refractivity contribution in [3.05, 3.63) is 52.0 Å². The normalized spacial score (nSPS) is 21.3. The number of hydrogen-bond acceptors (Lipinski definition) is 4. The van der Waals surface area contributed by atoms with Crippen molar-refractivity contribution in [2.75, 3.05) is 26.2 Å². The zero-order valence-corrected chi connectivity index (χ0v) is 14.0. The molecule has 1 spiro atoms. The summed E-state index contributed by atoms with van der Waals surface area (Å²) in [5.41, 5.74) is 1.96. The van der Waals surface area contributed by atoms with E-state index in [-0.39, 0.29) is 0 Å². The first-order chi connectivity index (χ1) is 10.7. The van der Waals surface area contributed by atoms with Gasteiger partial charge in [-0.15, -0.1) is 11.3 Å². The Morgan fingerprint density at radius 3 is 2.55 bits per heavy atom. The van der Waals surface area contributed by atoms with Crippen LogP contribution in [0.5, 0.6) is 0 Å². The fourth-order valence-electron chi connectivity index (χ4n) is 3.97. The molecule has 2 aromatic heterocycles. The van der Waals surface area contributed by atoms with Gasteiger partial charge in [0, 0.05) is 60.3 Å². The molecule has 0 radical (unpaired) electrons. The zero-order chi connectivity index (χ0) is 15.0. The molecule has 2 aliphatic heterocycles. The Hall–Kier alpha value is -1.23. The van der Waals surface area contributed by atoms with Crippen LogP contribution in [0.2, 0.25) is 0 Å². The van der Waals surface area contributed by atoms with Gasteiger partial charge in [-0.2, -0.15) is 0 Å². The Labute approximate surface area is 136 Å². The van der Waals surface area contributed by atoms with Crippen LogP contribution >= 0.6 is 11.3 Å². The van der Waals surface area contributed by atoms with Crippen LogP contribution in [0.3, 0.4) is 0 Å². The smallest absolute Gasteiger partial charge is 0.0328 e. The Morgan fingerprint density at radius 1 is 1.05 bits per heavy atom. The van der Waals surface area contributed by atoms with E-state index in [0.29, 0.717) is 5.41 Å². The van der Waals surface area contributed by atoms with Crippen molar-refractivity contribution in [2.24, 2.45) is 5.41 Å². The molecule has 0 unspecified atom stereocenters. The highest BCUT2D eigenvalue weighted by atomic mass is 32.1. The van der Waals surface area contributed by atoms with Crippen LogP contribution in [0.4, 0.5) is 0 Å². The van der Waals surface area contributed by atoms with Crippen molar-refractivity contribution in [1.29, 1.82) is 0 Å². The van der Waals surface area contributed by atoms with E-state index < -0.39 is 0 Å². The number of aryl methyl sites for hydroxylation is 1. The summed E-state index contributed by atoms with van der Waals surface area (Å²) in [4.78, 5) is 12.3. The van der Waals surface area contributed by atoms with E-state index in [4.69, 9.17) is 0 Å². The molecule has 3 nitrogen and oxygen atoms in total. The maximum Gasteiger partial charge on any atom is 0.0328 e. The third-order valence-electron chi connectivity index (χ3n) is 4.97. The molecule has 4 heteroatoms. The molecule has 0 saturated carbocycles. The molecule has 2 fully saturated rings. The molecular weight excluding hydrogens is 290 g/mol. The Bertz CT molecular complexity index is 631. The second-order valence-electron chi connectivity index (χ2n) is 6.97. The summed E-state index contributed by atoms with van der Waals surface area (Å²) in [7, 11) is 0. The number of pyridine rings is 1. The van der Waals surface area contributed by atoms with Crippen molar-refractivity contribution in [3.8, 4) is 0 Å². The van der Waals surface area contributed by atoms with Crippen molar-refractivity contribution in [2.45, 2.75) is 26.4 Å². The van der Waals surface area contributed by atoms with E-state index in [2.05, 4.69) is 46.0 Å². The fraction of sp³-hybridized carbons (Fsp3) is 0.500. The number of nitrogens with zero attached hydrogens (tertiary/aromatic N) is 3. The standard InChI is InChI=1S/C18H23N3S/c1-15-2-3-17(22-15)11-21-13-18(14-21)6-9-20(12-18)10-16-4-7-19-8-5-16/h2-5,7-8H,6,9-14H2,1H3. The first-order valence-corrected chi connectivity index (χ1v) is 8.91. The van der Waals surface area contributed by atoms with Gasteiger partial charge in [0.05, 0.1) is 0 Å². The number of aromatic nitrogens is 1. The van der Waals surface area contributed by atoms with Crippen LogP contribution in [-0.2, 0) is 13.1 Å². The highest BCUT2D eigenvalue weighted by molar-refractivity contribution is 7.11. The van der Waals surface area contributed by atoms with Crippen LogP contribution in [0.25, 0.3) is 0 Å². The fourth-order valence-corrected chi connectivity index (χ4v) is 4.90. The monoisotopic (exact) mass is 313 g/mol. The van der Waals surface area contributed by atoms with E-state index in [1.54, 1.807) is 0 Å². The average Bonchev–Trinajstić information content (AvgIpc) is 3.07. The van der Waals surface area contributed by atoms with E-state index in [9.17, 15) is 0 Å². The molecule has 2 saturated heterocycles. The molecule has 0 aromatic carbocycles. The molecule has 22 heavy (non-hydrogen) atoms. The van der Waals surface area contributed by atoms with Gasteiger partial charge in [-0.3, -0.25) is 14.8 Å². The van der Waals surface area contributed by atoms with Gasteiger partial charge in [0.1, 0.15) is 0 Å². The van der Waals surface area contributed by atoms with E-state index in [1.165, 1.54) is 47.9 Å². The van der Waals surface area contributed by atoms with Crippen molar-refractivity contribution in [3.63, 3.8) is 0 Å². The maximum absolute atomic E-state index is 4.10. The van der Waals surface area contributed by atoms with Gasteiger partial charge in [-0.25, -0.2) is 0 Å². The first-order valence-electron chi connectivity index (χ1n) is 8.10. The molecule has 116 valence electrons. The lowest BCUT2D eigenvalue weighted by Crippen LogP contribution is -2.56. The molecule has 4 heterocycles. The topological polar surface area (TPSA) is 19.4 Å². The SMILES string of the molecule is Cc1ccc(CN2CC3(CCN(Cc4ccncc4)C3)C2)s1. The van der Waals surface area contributed by atoms with Gasteiger partial charge in [-0.1, -0.05) is 0 Å². The molecule has 0 bridgehead atoms. The summed E-state index contributed by atoms with van der Waals surface area (Å²) < 4.78 is 0. The molecule has 0 amide bonds. The number of thiophene rings is 1. The quantitative estimate of drug-likeness (QED) is 0.864. The second kappa shape index (κ2) is 5.76. The molecule has 0 N–H and O–H groups in total. The minimum Gasteiger partial charge on any atom is -0.298 e. The van der Waals surface area contributed by atoms with Crippen molar-refractivity contribution >= 4 is 11.3 Å². The van der Waals surface area contributed by atoms with Gasteiger partial charge < -0.3 is 0 Å². The minimum absolute atomic E-state index is 0.569. The van der Waals surface area contributed by atoms with Crippen LogP contribution in [0.15, 0.2) is 36.7 Å². The molecule has 2 aliphatic rings. The Balaban J connectivity index is 1.29. The Kier molecular flexibility index (Phi) is 3.76. The lowest BCUT2D eigenvalue weighted by Gasteiger charge is -2.48. The molecule has 2 aromatic rings. The van der Waals surface area contributed by atoms with Crippen LogP contribution in [0, 0.1) is 12.3 Å². The summed E-state index contributed by atoms with van der Waals surface area (Å²) >= 11 is 1.94. The van der Waals surface area contributed by atoms with Gasteiger partial charge in [-0.05, 0) is 49.7 Å². The maximum atomic E-state index is 4.10. The summed E-state index contributed by atoms with van der Waals surface area (Å²) in [5, 5.41) is 0. The predicted molar refractivity (Wildman–Crippen MR) is 90.9 cm³/mol. The summed E-state index contributed by atoms with van der Waals surface area (Å²) in [6.45, 7) is 9.47. The van der Waals surface area contributed by atoms with Crippen molar-refractivity contribution < 1.29 is 0 Å². The summed E-state index contributed by atoms with van der Waals surface area (Å²) in [6.07, 6.45) is 5.16. The van der Waals surface area contributed by atoms with Gasteiger partial charge in [0.15, 0.2) is 0 Å². The van der Waals surface area contributed by atoms with Crippen molar-refractivity contribution in [1.82, 2.24) is 14.8 Å². The number of likely N-dealkylation sites (tertiary alicyclic amines) is 2. The van der Waals surface area contributed by atoms with E-state index in [1.807, 2.05) is 23.7 Å².